The van der Waals surface area contributed by atoms with Crippen LogP contribution in [0.4, 0.5) is 4.79 Å². The smallest absolute Gasteiger partial charge is 0.493 e. The highest BCUT2D eigenvalue weighted by molar-refractivity contribution is 9.09. The van der Waals surface area contributed by atoms with Crippen molar-refractivity contribution in [1.82, 2.24) is 21.6 Å². The molecular formula is C41H64Br2N4O7. The molecule has 0 aliphatic rings. The number of halogens is 2. The Morgan fingerprint density at radius 3 is 1.30 bits per heavy atom. The zero-order valence-electron chi connectivity index (χ0n) is 34.0. The summed E-state index contributed by atoms with van der Waals surface area (Å²) in [6.45, 7) is 21.2. The summed E-state index contributed by atoms with van der Waals surface area (Å²) in [6, 6.07) is 10.9. The number of hydrogen-bond acceptors (Lipinski definition) is 9. The van der Waals surface area contributed by atoms with Gasteiger partial charge in [-0.25, -0.2) is 0 Å². The van der Waals surface area contributed by atoms with Crippen LogP contribution in [0.15, 0.2) is 36.4 Å². The maximum Gasteiger partial charge on any atom is 0.547 e. The number of ether oxygens (including phenoxy) is 2. The molecule has 0 heterocycles. The van der Waals surface area contributed by atoms with Gasteiger partial charge in [0.05, 0.1) is 13.2 Å². The minimum absolute atomic E-state index is 0.342. The number of amides is 2. The van der Waals surface area contributed by atoms with Crippen molar-refractivity contribution in [3.63, 3.8) is 0 Å². The summed E-state index contributed by atoms with van der Waals surface area (Å²) in [7, 11) is 0. The van der Waals surface area contributed by atoms with E-state index in [0.29, 0.717) is 58.3 Å². The third-order valence-corrected chi connectivity index (χ3v) is 10.5. The Morgan fingerprint density at radius 2 is 0.981 bits per heavy atom. The van der Waals surface area contributed by atoms with Crippen LogP contribution in [0.3, 0.4) is 0 Å². The average Bonchev–Trinajstić information content (AvgIpc) is 3.10. The largest absolute Gasteiger partial charge is 0.547 e. The number of rotatable bonds is 22. The summed E-state index contributed by atoms with van der Waals surface area (Å²) >= 11 is 7.41. The number of carbonyl (C=O) groups excluding carboxylic acids is 3. The number of hydrogen-bond donors (Lipinski definition) is 4. The molecule has 0 saturated carbocycles. The van der Waals surface area contributed by atoms with E-state index in [1.165, 1.54) is 0 Å². The van der Waals surface area contributed by atoms with E-state index in [9.17, 15) is 14.4 Å². The Morgan fingerprint density at radius 1 is 0.611 bits per heavy atom. The molecule has 304 valence electrons. The van der Waals surface area contributed by atoms with Crippen LogP contribution in [0.25, 0.3) is 0 Å². The van der Waals surface area contributed by atoms with Crippen molar-refractivity contribution < 1.29 is 33.5 Å². The molecule has 0 fully saturated rings. The van der Waals surface area contributed by atoms with E-state index in [0.717, 1.165) is 49.7 Å². The molecule has 2 aromatic rings. The standard InChI is InChI=1S/C41H64Br2N4O7/c1-11-17-27(42)23-25-51-31-21-15-19-29(35(31)40(5,6)7)37(48)44-33(13-3)46-53-39(50)54-47-34(14-4)45-38(49)30-20-16-22-32(36(30)41(8,9)10)52-26-24-28(43)18-12-2/h15-16,19-22,27-28,33-34,46-47H,11-14,17-18,23-26H2,1-10H3,(H,44,48)(H,45,49). The molecule has 13 heteroatoms. The molecule has 2 aromatic carbocycles. The second-order valence-electron chi connectivity index (χ2n) is 15.5. The van der Waals surface area contributed by atoms with Crippen LogP contribution in [0.2, 0.25) is 0 Å². The highest BCUT2D eigenvalue weighted by Gasteiger charge is 2.29. The fraction of sp³-hybridized carbons (Fsp3) is 0.634. The highest BCUT2D eigenvalue weighted by Crippen LogP contribution is 2.36. The third-order valence-electron chi connectivity index (χ3n) is 8.62. The van der Waals surface area contributed by atoms with Crippen LogP contribution in [0.1, 0.15) is 152 Å². The van der Waals surface area contributed by atoms with Crippen molar-refractivity contribution in [1.29, 1.82) is 0 Å². The zero-order valence-corrected chi connectivity index (χ0v) is 37.1. The first-order valence-electron chi connectivity index (χ1n) is 19.3. The van der Waals surface area contributed by atoms with Gasteiger partial charge >= 0.3 is 6.16 Å². The molecule has 2 rings (SSSR count). The van der Waals surface area contributed by atoms with Crippen molar-refractivity contribution in [2.24, 2.45) is 0 Å². The van der Waals surface area contributed by atoms with E-state index < -0.39 is 18.5 Å². The maximum atomic E-state index is 13.6. The number of nitrogens with one attached hydrogen (secondary N) is 4. The summed E-state index contributed by atoms with van der Waals surface area (Å²) in [5, 5.41) is 5.80. The average molecular weight is 885 g/mol. The molecule has 2 amide bonds. The number of benzene rings is 2. The first-order valence-corrected chi connectivity index (χ1v) is 21.1. The summed E-state index contributed by atoms with van der Waals surface area (Å²) in [4.78, 5) is 50.8. The second kappa shape index (κ2) is 23.3. The van der Waals surface area contributed by atoms with Gasteiger partial charge in [-0.1, -0.05) is 126 Å². The fourth-order valence-corrected chi connectivity index (χ4v) is 7.19. The lowest BCUT2D eigenvalue weighted by molar-refractivity contribution is -0.0379. The van der Waals surface area contributed by atoms with Gasteiger partial charge in [0, 0.05) is 31.9 Å². The summed E-state index contributed by atoms with van der Waals surface area (Å²) in [5.41, 5.74) is 6.93. The van der Waals surface area contributed by atoms with Gasteiger partial charge in [-0.05, 0) is 73.6 Å². The Labute approximate surface area is 340 Å². The van der Waals surface area contributed by atoms with E-state index >= 15 is 0 Å². The molecular weight excluding hydrogens is 820 g/mol. The minimum Gasteiger partial charge on any atom is -0.493 e. The molecule has 0 saturated heterocycles. The van der Waals surface area contributed by atoms with Crippen molar-refractivity contribution in [2.75, 3.05) is 13.2 Å². The van der Waals surface area contributed by atoms with E-state index in [1.807, 2.05) is 67.5 Å². The third kappa shape index (κ3) is 15.7. The Balaban J connectivity index is 2.02. The van der Waals surface area contributed by atoms with Gasteiger partial charge in [-0.2, -0.15) is 4.79 Å². The quantitative estimate of drug-likeness (QED) is 0.0518. The first kappa shape index (κ1) is 47.3. The van der Waals surface area contributed by atoms with E-state index in [-0.39, 0.29) is 22.6 Å². The van der Waals surface area contributed by atoms with Crippen molar-refractivity contribution in [2.45, 2.75) is 153 Å². The molecule has 4 N–H and O–H groups in total. The van der Waals surface area contributed by atoms with Crippen LogP contribution in [-0.4, -0.2) is 53.2 Å². The van der Waals surface area contributed by atoms with Crippen LogP contribution >= 0.6 is 31.9 Å². The topological polar surface area (TPSA) is 136 Å². The normalized spacial score (nSPS) is 14.0. The van der Waals surface area contributed by atoms with Crippen molar-refractivity contribution in [3.8, 4) is 11.5 Å². The van der Waals surface area contributed by atoms with Crippen molar-refractivity contribution >= 4 is 49.8 Å². The SMILES string of the molecule is CCCC(Br)CCOc1cccc(C(=O)NC(CC)NOC(=O)ONC(CC)NC(=O)c2cccc(OCCC(Br)CCC)c2C(C)(C)C)c1C(C)(C)C. The summed E-state index contributed by atoms with van der Waals surface area (Å²) in [6.07, 6.45) is 4.28. The van der Waals surface area contributed by atoms with Crippen LogP contribution in [0.5, 0.6) is 11.5 Å². The van der Waals surface area contributed by atoms with E-state index in [4.69, 9.17) is 19.1 Å². The van der Waals surface area contributed by atoms with Gasteiger partial charge < -0.3 is 29.8 Å². The number of carbonyl (C=O) groups is 3. The molecule has 4 unspecified atom stereocenters. The minimum atomic E-state index is -1.09. The number of hydroxylamine groups is 2. The lowest BCUT2D eigenvalue weighted by Crippen LogP contribution is -2.48. The predicted octanol–water partition coefficient (Wildman–Crippen LogP) is 9.74. The number of alkyl halides is 2. The molecule has 0 bridgehead atoms. The van der Waals surface area contributed by atoms with Gasteiger partial charge in [0.2, 0.25) is 0 Å². The Hall–Kier alpha value is -2.87. The van der Waals surface area contributed by atoms with Gasteiger partial charge in [-0.15, -0.1) is 11.0 Å². The zero-order chi connectivity index (χ0) is 40.5. The lowest BCUT2D eigenvalue weighted by Gasteiger charge is -2.27. The van der Waals surface area contributed by atoms with Crippen LogP contribution in [-0.2, 0) is 20.5 Å². The molecule has 11 nitrogen and oxygen atoms in total. The summed E-state index contributed by atoms with van der Waals surface area (Å²) in [5.74, 6) is 0.645. The highest BCUT2D eigenvalue weighted by atomic mass is 79.9. The first-order chi connectivity index (χ1) is 25.5. The predicted molar refractivity (Wildman–Crippen MR) is 223 cm³/mol. The Bertz CT molecular complexity index is 1370. The van der Waals surface area contributed by atoms with Crippen LogP contribution < -0.4 is 31.1 Å². The Kier molecular flexibility index (Phi) is 20.4. The molecule has 0 aliphatic heterocycles. The summed E-state index contributed by atoms with van der Waals surface area (Å²) < 4.78 is 12.4. The van der Waals surface area contributed by atoms with E-state index in [2.05, 4.69) is 67.3 Å². The molecule has 0 aliphatic carbocycles. The van der Waals surface area contributed by atoms with Crippen molar-refractivity contribution in [3.05, 3.63) is 58.7 Å². The lowest BCUT2D eigenvalue weighted by atomic mass is 9.82. The van der Waals surface area contributed by atoms with Gasteiger partial charge in [0.1, 0.15) is 23.8 Å². The van der Waals surface area contributed by atoms with Gasteiger partial charge in [0.15, 0.2) is 0 Å². The van der Waals surface area contributed by atoms with Gasteiger partial charge in [-0.3, -0.25) is 9.59 Å². The fourth-order valence-electron chi connectivity index (χ4n) is 5.90. The van der Waals surface area contributed by atoms with Crippen LogP contribution in [0, 0.1) is 0 Å². The van der Waals surface area contributed by atoms with Gasteiger partial charge in [0.25, 0.3) is 11.8 Å². The monoisotopic (exact) mass is 882 g/mol. The molecule has 4 atom stereocenters. The second-order valence-corrected chi connectivity index (χ2v) is 18.1. The molecule has 0 spiro atoms. The molecule has 0 radical (unpaired) electrons. The van der Waals surface area contributed by atoms with E-state index in [1.54, 1.807) is 24.3 Å². The molecule has 54 heavy (non-hydrogen) atoms. The maximum absolute atomic E-state index is 13.6. The molecule has 0 aromatic heterocycles.